The Morgan fingerprint density at radius 1 is 1.42 bits per heavy atom. The minimum Gasteiger partial charge on any atom is -0.491 e. The van der Waals surface area contributed by atoms with Crippen LogP contribution in [0.4, 0.5) is 13.2 Å². The van der Waals surface area contributed by atoms with Crippen LogP contribution in [0.15, 0.2) is 6.20 Å². The molecule has 0 saturated carbocycles. The quantitative estimate of drug-likeness (QED) is 0.621. The molecule has 1 rings (SSSR count). The van der Waals surface area contributed by atoms with Crippen molar-refractivity contribution in [2.24, 2.45) is 0 Å². The molecule has 0 fully saturated rings. The number of aromatic nitrogens is 1. The minimum atomic E-state index is -4.94. The van der Waals surface area contributed by atoms with Crippen LogP contribution < -0.4 is 9.47 Å². The molecule has 0 radical (unpaired) electrons. The zero-order valence-corrected chi connectivity index (χ0v) is 11.5. The highest BCUT2D eigenvalue weighted by atomic mass is 79.9. The lowest BCUT2D eigenvalue weighted by atomic mass is 10.1. The highest BCUT2D eigenvalue weighted by Crippen LogP contribution is 2.35. The van der Waals surface area contributed by atoms with Gasteiger partial charge in [0, 0.05) is 11.5 Å². The average Bonchev–Trinajstić information content (AvgIpc) is 2.35. The normalized spacial score (nSPS) is 11.1. The van der Waals surface area contributed by atoms with Crippen molar-refractivity contribution in [2.45, 2.75) is 11.7 Å². The lowest BCUT2D eigenvalue weighted by molar-refractivity contribution is -0.276. The third-order valence-corrected chi connectivity index (χ3v) is 2.63. The predicted octanol–water partition coefficient (Wildman–Crippen LogP) is 2.67. The van der Waals surface area contributed by atoms with Gasteiger partial charge in [0.2, 0.25) is 0 Å². The van der Waals surface area contributed by atoms with Gasteiger partial charge in [-0.15, -0.1) is 13.2 Å². The zero-order chi connectivity index (χ0) is 14.6. The van der Waals surface area contributed by atoms with Crippen LogP contribution in [0.2, 0.25) is 0 Å². The molecule has 1 heterocycles. The molecule has 0 unspecified atom stereocenters. The van der Waals surface area contributed by atoms with Gasteiger partial charge < -0.3 is 14.2 Å². The summed E-state index contributed by atoms with van der Waals surface area (Å²) in [4.78, 5) is 15.1. The van der Waals surface area contributed by atoms with Gasteiger partial charge in [0.15, 0.2) is 5.75 Å². The number of alkyl halides is 4. The molecule has 19 heavy (non-hydrogen) atoms. The molecule has 106 valence electrons. The van der Waals surface area contributed by atoms with E-state index in [0.29, 0.717) is 5.56 Å². The number of carbonyl (C=O) groups is 1. The molecule has 0 N–H and O–H groups in total. The molecule has 0 saturated heterocycles. The Bertz CT molecular complexity index is 479. The van der Waals surface area contributed by atoms with Gasteiger partial charge in [-0.3, -0.25) is 0 Å². The number of hydrogen-bond donors (Lipinski definition) is 0. The Labute approximate surface area is 114 Å². The second-order valence-electron chi connectivity index (χ2n) is 3.17. The third kappa shape index (κ3) is 3.72. The van der Waals surface area contributed by atoms with Crippen molar-refractivity contribution in [1.29, 1.82) is 0 Å². The van der Waals surface area contributed by atoms with E-state index < -0.39 is 24.0 Å². The van der Waals surface area contributed by atoms with Crippen molar-refractivity contribution in [2.75, 3.05) is 14.2 Å². The van der Waals surface area contributed by atoms with Crippen LogP contribution in [-0.4, -0.2) is 31.5 Å². The van der Waals surface area contributed by atoms with E-state index in [2.05, 4.69) is 30.4 Å². The van der Waals surface area contributed by atoms with Gasteiger partial charge in [0.05, 0.1) is 14.2 Å². The van der Waals surface area contributed by atoms with Gasteiger partial charge in [-0.2, -0.15) is 0 Å². The van der Waals surface area contributed by atoms with E-state index >= 15 is 0 Å². The Morgan fingerprint density at radius 2 is 2.05 bits per heavy atom. The first-order valence-corrected chi connectivity index (χ1v) is 5.92. The van der Waals surface area contributed by atoms with Crippen LogP contribution in [0.1, 0.15) is 15.9 Å². The van der Waals surface area contributed by atoms with E-state index in [4.69, 9.17) is 4.74 Å². The van der Waals surface area contributed by atoms with E-state index in [9.17, 15) is 18.0 Å². The fraction of sp³-hybridized carbons (Fsp3) is 0.400. The largest absolute Gasteiger partial charge is 0.574 e. The SMILES string of the molecule is COC(=O)c1c(CBr)cnc(OC(F)(F)F)c1OC. The summed E-state index contributed by atoms with van der Waals surface area (Å²) in [5.41, 5.74) is 0.148. The summed E-state index contributed by atoms with van der Waals surface area (Å²) in [5.74, 6) is -2.12. The van der Waals surface area contributed by atoms with Crippen LogP contribution in [0, 0.1) is 0 Å². The first kappa shape index (κ1) is 15.5. The number of carbonyl (C=O) groups excluding carboxylic acids is 1. The van der Waals surface area contributed by atoms with Crippen LogP contribution >= 0.6 is 15.9 Å². The second-order valence-corrected chi connectivity index (χ2v) is 3.73. The van der Waals surface area contributed by atoms with Gasteiger partial charge >= 0.3 is 12.3 Å². The number of ether oxygens (including phenoxy) is 3. The van der Waals surface area contributed by atoms with Crippen molar-refractivity contribution in [1.82, 2.24) is 4.98 Å². The summed E-state index contributed by atoms with van der Waals surface area (Å²) >= 11 is 3.09. The van der Waals surface area contributed by atoms with Crippen molar-refractivity contribution in [3.8, 4) is 11.6 Å². The summed E-state index contributed by atoms with van der Waals surface area (Å²) in [5, 5.41) is 0.188. The second kappa shape index (κ2) is 6.09. The standard InChI is InChI=1S/C10H9BrF3NO4/c1-17-7-6(9(16)18-2)5(3-11)4-15-8(7)19-10(12,13)14/h4H,3H2,1-2H3. The summed E-state index contributed by atoms with van der Waals surface area (Å²) in [6.07, 6.45) is -3.87. The van der Waals surface area contributed by atoms with Crippen LogP contribution in [0.3, 0.4) is 0 Å². The smallest absolute Gasteiger partial charge is 0.491 e. The Hall–Kier alpha value is -1.51. The molecule has 1 aromatic rings. The van der Waals surface area contributed by atoms with Crippen LogP contribution in [0.5, 0.6) is 11.6 Å². The maximum Gasteiger partial charge on any atom is 0.574 e. The number of rotatable bonds is 4. The Balaban J connectivity index is 3.40. The highest BCUT2D eigenvalue weighted by Gasteiger charge is 2.35. The van der Waals surface area contributed by atoms with Crippen molar-refractivity contribution < 1.29 is 32.2 Å². The molecule has 9 heteroatoms. The van der Waals surface area contributed by atoms with Crippen molar-refractivity contribution in [3.63, 3.8) is 0 Å². The third-order valence-electron chi connectivity index (χ3n) is 2.03. The van der Waals surface area contributed by atoms with Crippen molar-refractivity contribution in [3.05, 3.63) is 17.3 Å². The zero-order valence-electron chi connectivity index (χ0n) is 9.88. The van der Waals surface area contributed by atoms with E-state index in [-0.39, 0.29) is 10.9 Å². The molecule has 0 amide bonds. The molecular weight excluding hydrogens is 335 g/mol. The molecule has 0 atom stereocenters. The topological polar surface area (TPSA) is 57.7 Å². The molecule has 0 aromatic carbocycles. The van der Waals surface area contributed by atoms with Gasteiger partial charge in [-0.25, -0.2) is 9.78 Å². The maximum atomic E-state index is 12.2. The number of halogens is 4. The highest BCUT2D eigenvalue weighted by molar-refractivity contribution is 9.08. The first-order chi connectivity index (χ1) is 8.84. The molecular formula is C10H9BrF3NO4. The summed E-state index contributed by atoms with van der Waals surface area (Å²) in [6, 6.07) is 0. The van der Waals surface area contributed by atoms with E-state index in [0.717, 1.165) is 20.4 Å². The summed E-state index contributed by atoms with van der Waals surface area (Å²) in [6.45, 7) is 0. The molecule has 0 bridgehead atoms. The molecule has 0 aliphatic rings. The number of esters is 1. The molecule has 0 aliphatic carbocycles. The predicted molar refractivity (Wildman–Crippen MR) is 61.4 cm³/mol. The molecule has 5 nitrogen and oxygen atoms in total. The molecule has 1 aromatic heterocycles. The van der Waals surface area contributed by atoms with Gasteiger partial charge in [-0.1, -0.05) is 15.9 Å². The summed E-state index contributed by atoms with van der Waals surface area (Å²) < 4.78 is 49.6. The maximum absolute atomic E-state index is 12.2. The average molecular weight is 344 g/mol. The van der Waals surface area contributed by atoms with E-state index in [1.807, 2.05) is 0 Å². The number of pyridine rings is 1. The lowest BCUT2D eigenvalue weighted by Crippen LogP contribution is -2.20. The summed E-state index contributed by atoms with van der Waals surface area (Å²) in [7, 11) is 2.20. The van der Waals surface area contributed by atoms with E-state index in [1.165, 1.54) is 0 Å². The Morgan fingerprint density at radius 3 is 2.47 bits per heavy atom. The van der Waals surface area contributed by atoms with Crippen LogP contribution in [-0.2, 0) is 10.1 Å². The molecule has 0 aliphatic heterocycles. The van der Waals surface area contributed by atoms with Crippen molar-refractivity contribution >= 4 is 21.9 Å². The van der Waals surface area contributed by atoms with Gasteiger partial charge in [0.1, 0.15) is 5.56 Å². The first-order valence-electron chi connectivity index (χ1n) is 4.80. The monoisotopic (exact) mass is 343 g/mol. The fourth-order valence-corrected chi connectivity index (χ4v) is 1.74. The lowest BCUT2D eigenvalue weighted by Gasteiger charge is -2.15. The van der Waals surface area contributed by atoms with E-state index in [1.54, 1.807) is 0 Å². The Kier molecular flexibility index (Phi) is 4.98. The van der Waals surface area contributed by atoms with Gasteiger partial charge in [-0.05, 0) is 5.56 Å². The fourth-order valence-electron chi connectivity index (χ4n) is 1.31. The number of methoxy groups -OCH3 is 2. The van der Waals surface area contributed by atoms with Gasteiger partial charge in [0.25, 0.3) is 5.88 Å². The number of hydrogen-bond acceptors (Lipinski definition) is 5. The van der Waals surface area contributed by atoms with Crippen LogP contribution in [0.25, 0.3) is 0 Å². The molecule has 0 spiro atoms. The number of nitrogens with zero attached hydrogens (tertiary/aromatic N) is 1. The minimum absolute atomic E-state index is 0.170.